The van der Waals surface area contributed by atoms with Crippen LogP contribution in [0.1, 0.15) is 38.1 Å². The molecule has 3 aromatic rings. The number of para-hydroxylation sites is 2. The van der Waals surface area contributed by atoms with E-state index in [9.17, 15) is 4.79 Å². The minimum absolute atomic E-state index is 0.0864. The SMILES string of the molecule is CCn1c(COc2ccccc2OC)nnc1SCC(=O)Nc1ccc(Br)cc1C(C)C. The van der Waals surface area contributed by atoms with Gasteiger partial charge in [-0.05, 0) is 48.7 Å². The molecule has 2 aromatic carbocycles. The van der Waals surface area contributed by atoms with Gasteiger partial charge in [0.15, 0.2) is 22.5 Å². The molecule has 170 valence electrons. The van der Waals surface area contributed by atoms with Crippen molar-refractivity contribution in [1.82, 2.24) is 14.8 Å². The van der Waals surface area contributed by atoms with Gasteiger partial charge in [-0.15, -0.1) is 10.2 Å². The highest BCUT2D eigenvalue weighted by Gasteiger charge is 2.16. The Morgan fingerprint density at radius 2 is 1.94 bits per heavy atom. The first kappa shape index (κ1) is 24.1. The molecule has 32 heavy (non-hydrogen) atoms. The third-order valence-electron chi connectivity index (χ3n) is 4.78. The number of amides is 1. The monoisotopic (exact) mass is 518 g/mol. The Balaban J connectivity index is 1.62. The molecule has 3 rings (SSSR count). The van der Waals surface area contributed by atoms with Gasteiger partial charge >= 0.3 is 0 Å². The lowest BCUT2D eigenvalue weighted by Gasteiger charge is -2.14. The fourth-order valence-corrected chi connectivity index (χ4v) is 4.37. The molecule has 7 nitrogen and oxygen atoms in total. The number of hydrogen-bond donors (Lipinski definition) is 1. The zero-order valence-electron chi connectivity index (χ0n) is 18.6. The second-order valence-corrected chi connectivity index (χ2v) is 9.16. The van der Waals surface area contributed by atoms with Crippen LogP contribution in [-0.4, -0.2) is 33.5 Å². The van der Waals surface area contributed by atoms with Crippen LogP contribution in [0.15, 0.2) is 52.1 Å². The number of benzene rings is 2. The number of nitrogens with one attached hydrogen (secondary N) is 1. The molecule has 0 atom stereocenters. The van der Waals surface area contributed by atoms with Gasteiger partial charge in [0.25, 0.3) is 0 Å². The average molecular weight is 519 g/mol. The highest BCUT2D eigenvalue weighted by Crippen LogP contribution is 2.29. The van der Waals surface area contributed by atoms with Crippen molar-refractivity contribution in [2.24, 2.45) is 0 Å². The van der Waals surface area contributed by atoms with Gasteiger partial charge in [0.05, 0.1) is 12.9 Å². The van der Waals surface area contributed by atoms with Crippen LogP contribution >= 0.6 is 27.7 Å². The van der Waals surface area contributed by atoms with E-state index >= 15 is 0 Å². The van der Waals surface area contributed by atoms with Gasteiger partial charge in [0.1, 0.15) is 6.61 Å². The van der Waals surface area contributed by atoms with E-state index in [1.807, 2.05) is 54.0 Å². The molecule has 0 radical (unpaired) electrons. The summed E-state index contributed by atoms with van der Waals surface area (Å²) in [7, 11) is 1.61. The van der Waals surface area contributed by atoms with Crippen molar-refractivity contribution in [3.05, 3.63) is 58.3 Å². The Labute approximate surface area is 201 Å². The smallest absolute Gasteiger partial charge is 0.234 e. The number of aromatic nitrogens is 3. The summed E-state index contributed by atoms with van der Waals surface area (Å²) in [6, 6.07) is 13.3. The lowest BCUT2D eigenvalue weighted by Crippen LogP contribution is -2.16. The maximum Gasteiger partial charge on any atom is 0.234 e. The van der Waals surface area contributed by atoms with E-state index < -0.39 is 0 Å². The van der Waals surface area contributed by atoms with Gasteiger partial charge in [-0.25, -0.2) is 0 Å². The second-order valence-electron chi connectivity index (χ2n) is 7.31. The van der Waals surface area contributed by atoms with Gasteiger partial charge in [-0.3, -0.25) is 4.79 Å². The molecule has 0 aliphatic carbocycles. The lowest BCUT2D eigenvalue weighted by molar-refractivity contribution is -0.113. The lowest BCUT2D eigenvalue weighted by atomic mass is 10.0. The van der Waals surface area contributed by atoms with Gasteiger partial charge in [-0.1, -0.05) is 53.7 Å². The van der Waals surface area contributed by atoms with Crippen LogP contribution < -0.4 is 14.8 Å². The first-order valence-corrected chi connectivity index (χ1v) is 12.1. The molecule has 0 fully saturated rings. The minimum atomic E-state index is -0.0864. The molecule has 0 unspecified atom stereocenters. The predicted octanol–water partition coefficient (Wildman–Crippen LogP) is 5.50. The summed E-state index contributed by atoms with van der Waals surface area (Å²) in [5, 5.41) is 12.2. The van der Waals surface area contributed by atoms with Crippen LogP contribution in [0.3, 0.4) is 0 Å². The van der Waals surface area contributed by atoms with Gasteiger partial charge in [0, 0.05) is 16.7 Å². The number of thioether (sulfide) groups is 1. The van der Waals surface area contributed by atoms with Crippen LogP contribution in [0.4, 0.5) is 5.69 Å². The van der Waals surface area contributed by atoms with E-state index in [0.29, 0.717) is 34.9 Å². The van der Waals surface area contributed by atoms with E-state index in [1.165, 1.54) is 11.8 Å². The van der Waals surface area contributed by atoms with Crippen LogP contribution in [-0.2, 0) is 17.9 Å². The van der Waals surface area contributed by atoms with E-state index in [1.54, 1.807) is 7.11 Å². The van der Waals surface area contributed by atoms with E-state index in [2.05, 4.69) is 45.3 Å². The number of ether oxygens (including phenoxy) is 2. The Morgan fingerprint density at radius 1 is 1.19 bits per heavy atom. The fraction of sp³-hybridized carbons (Fsp3) is 0.348. The third kappa shape index (κ3) is 6.04. The largest absolute Gasteiger partial charge is 0.493 e. The van der Waals surface area contributed by atoms with Crippen LogP contribution in [0, 0.1) is 0 Å². The number of nitrogens with zero attached hydrogens (tertiary/aromatic N) is 3. The molecular weight excluding hydrogens is 492 g/mol. The molecular formula is C23H27BrN4O3S. The number of halogens is 1. The van der Waals surface area contributed by atoms with Crippen molar-refractivity contribution in [3.63, 3.8) is 0 Å². The van der Waals surface area contributed by atoms with E-state index in [-0.39, 0.29) is 18.3 Å². The highest BCUT2D eigenvalue weighted by molar-refractivity contribution is 9.10. The van der Waals surface area contributed by atoms with Crippen LogP contribution in [0.5, 0.6) is 11.5 Å². The predicted molar refractivity (Wildman–Crippen MR) is 131 cm³/mol. The summed E-state index contributed by atoms with van der Waals surface area (Å²) >= 11 is 4.85. The normalized spacial score (nSPS) is 10.9. The number of rotatable bonds is 10. The van der Waals surface area contributed by atoms with Crippen LogP contribution in [0.25, 0.3) is 0 Å². The molecule has 0 aliphatic heterocycles. The van der Waals surface area contributed by atoms with Gasteiger partial charge in [0.2, 0.25) is 5.91 Å². The first-order chi connectivity index (χ1) is 15.4. The number of methoxy groups -OCH3 is 1. The second kappa shape index (κ2) is 11.4. The molecule has 1 aromatic heterocycles. The third-order valence-corrected chi connectivity index (χ3v) is 6.24. The molecule has 0 aliphatic rings. The summed E-state index contributed by atoms with van der Waals surface area (Å²) in [5.74, 6) is 2.44. The zero-order chi connectivity index (χ0) is 23.1. The van der Waals surface area contributed by atoms with Gasteiger partial charge in [-0.2, -0.15) is 0 Å². The molecule has 1 heterocycles. The molecule has 0 saturated heterocycles. The minimum Gasteiger partial charge on any atom is -0.493 e. The zero-order valence-corrected chi connectivity index (χ0v) is 21.0. The van der Waals surface area contributed by atoms with Crippen molar-refractivity contribution in [3.8, 4) is 11.5 Å². The number of carbonyl (C=O) groups is 1. The van der Waals surface area contributed by atoms with E-state index in [0.717, 1.165) is 15.7 Å². The van der Waals surface area contributed by atoms with Crippen molar-refractivity contribution < 1.29 is 14.3 Å². The molecule has 0 bridgehead atoms. The topological polar surface area (TPSA) is 78.3 Å². The standard InChI is InChI=1S/C23H27BrN4O3S/c1-5-28-21(13-31-20-9-7-6-8-19(20)30-4)26-27-23(28)32-14-22(29)25-18-11-10-16(24)12-17(18)15(2)3/h6-12,15H,5,13-14H2,1-4H3,(H,25,29). The Kier molecular flexibility index (Phi) is 8.58. The summed E-state index contributed by atoms with van der Waals surface area (Å²) in [6.45, 7) is 7.14. The summed E-state index contributed by atoms with van der Waals surface area (Å²) < 4.78 is 14.1. The summed E-state index contributed by atoms with van der Waals surface area (Å²) in [5.41, 5.74) is 1.92. The van der Waals surface area contributed by atoms with Crippen LogP contribution in [0.2, 0.25) is 0 Å². The van der Waals surface area contributed by atoms with Gasteiger partial charge < -0.3 is 19.4 Å². The fourth-order valence-electron chi connectivity index (χ4n) is 3.17. The summed E-state index contributed by atoms with van der Waals surface area (Å²) in [6.07, 6.45) is 0. The Hall–Kier alpha value is -2.52. The van der Waals surface area contributed by atoms with Crippen molar-refractivity contribution >= 4 is 39.3 Å². The molecule has 1 amide bonds. The maximum atomic E-state index is 12.6. The molecule has 0 saturated carbocycles. The average Bonchev–Trinajstić information content (AvgIpc) is 3.19. The Bertz CT molecular complexity index is 1070. The highest BCUT2D eigenvalue weighted by atomic mass is 79.9. The van der Waals surface area contributed by atoms with Crippen molar-refractivity contribution in [1.29, 1.82) is 0 Å². The summed E-state index contributed by atoms with van der Waals surface area (Å²) in [4.78, 5) is 12.6. The quantitative estimate of drug-likeness (QED) is 0.357. The Morgan fingerprint density at radius 3 is 2.62 bits per heavy atom. The number of anilines is 1. The maximum absolute atomic E-state index is 12.6. The van der Waals surface area contributed by atoms with Crippen molar-refractivity contribution in [2.45, 2.75) is 45.0 Å². The number of carbonyl (C=O) groups excluding carboxylic acids is 1. The van der Waals surface area contributed by atoms with Crippen molar-refractivity contribution in [2.75, 3.05) is 18.2 Å². The molecule has 1 N–H and O–H groups in total. The molecule has 0 spiro atoms. The van der Waals surface area contributed by atoms with E-state index in [4.69, 9.17) is 9.47 Å². The first-order valence-electron chi connectivity index (χ1n) is 10.3. The molecule has 9 heteroatoms. The number of hydrogen-bond acceptors (Lipinski definition) is 6.